The quantitative estimate of drug-likeness (QED) is 0.885. The molecule has 1 aromatic heterocycles. The summed E-state index contributed by atoms with van der Waals surface area (Å²) in [6.45, 7) is 6.80. The van der Waals surface area contributed by atoms with Crippen LogP contribution in [0.1, 0.15) is 49.9 Å². The molecule has 1 saturated heterocycles. The number of piperidine rings is 1. The van der Waals surface area contributed by atoms with Crippen molar-refractivity contribution in [3.63, 3.8) is 0 Å². The lowest BCUT2D eigenvalue weighted by Crippen LogP contribution is -2.42. The Morgan fingerprint density at radius 2 is 2.26 bits per heavy atom. The zero-order valence-electron chi connectivity index (χ0n) is 12.8. The monoisotopic (exact) mass is 264 g/mol. The predicted octanol–water partition coefficient (Wildman–Crippen LogP) is 2.25. The molecule has 0 radical (unpaired) electrons. The van der Waals surface area contributed by atoms with E-state index in [2.05, 4.69) is 35.4 Å². The summed E-state index contributed by atoms with van der Waals surface area (Å²) in [6, 6.07) is 1.20. The van der Waals surface area contributed by atoms with Crippen molar-refractivity contribution in [3.8, 4) is 0 Å². The van der Waals surface area contributed by atoms with Crippen LogP contribution in [0.5, 0.6) is 0 Å². The molecule has 2 rings (SSSR count). The van der Waals surface area contributed by atoms with Crippen LogP contribution in [-0.2, 0) is 7.05 Å². The Kier molecular flexibility index (Phi) is 4.99. The fraction of sp³-hybridized carbons (Fsp3) is 0.800. The van der Waals surface area contributed by atoms with Gasteiger partial charge in [0.15, 0.2) is 0 Å². The third kappa shape index (κ3) is 3.37. The normalized spacial score (nSPS) is 22.6. The molecule has 2 atom stereocenters. The maximum Gasteiger partial charge on any atom is 0.0641 e. The summed E-state index contributed by atoms with van der Waals surface area (Å²) in [7, 11) is 4.06. The van der Waals surface area contributed by atoms with Crippen LogP contribution in [0, 0.1) is 6.92 Å². The summed E-state index contributed by atoms with van der Waals surface area (Å²) in [4.78, 5) is 2.69. The van der Waals surface area contributed by atoms with Crippen LogP contribution in [0.25, 0.3) is 0 Å². The van der Waals surface area contributed by atoms with Crippen LogP contribution in [0.15, 0.2) is 6.20 Å². The van der Waals surface area contributed by atoms with Crippen LogP contribution in [0.4, 0.5) is 0 Å². The molecule has 4 nitrogen and oxygen atoms in total. The van der Waals surface area contributed by atoms with E-state index in [4.69, 9.17) is 0 Å². The third-order valence-corrected chi connectivity index (χ3v) is 4.40. The van der Waals surface area contributed by atoms with Gasteiger partial charge in [-0.2, -0.15) is 5.10 Å². The van der Waals surface area contributed by atoms with Crippen molar-refractivity contribution in [3.05, 3.63) is 17.5 Å². The lowest BCUT2D eigenvalue weighted by molar-refractivity contribution is 0.0968. The Balaban J connectivity index is 2.10. The molecule has 1 aliphatic heterocycles. The minimum atomic E-state index is 0.482. The molecule has 1 aliphatic rings. The maximum atomic E-state index is 4.49. The van der Waals surface area contributed by atoms with E-state index in [-0.39, 0.29) is 0 Å². The van der Waals surface area contributed by atoms with Crippen LogP contribution in [0.2, 0.25) is 0 Å². The van der Waals surface area contributed by atoms with Gasteiger partial charge in [-0.3, -0.25) is 9.58 Å². The molecule has 1 aromatic rings. The highest BCUT2D eigenvalue weighted by Crippen LogP contribution is 2.30. The van der Waals surface area contributed by atoms with Gasteiger partial charge in [0.1, 0.15) is 0 Å². The van der Waals surface area contributed by atoms with Gasteiger partial charge in [-0.05, 0) is 53.2 Å². The maximum absolute atomic E-state index is 4.49. The second kappa shape index (κ2) is 6.53. The van der Waals surface area contributed by atoms with E-state index in [9.17, 15) is 0 Å². The Morgan fingerprint density at radius 3 is 2.89 bits per heavy atom. The molecule has 1 N–H and O–H groups in total. The largest absolute Gasteiger partial charge is 0.320 e. The molecule has 2 unspecified atom stereocenters. The summed E-state index contributed by atoms with van der Waals surface area (Å²) < 4.78 is 1.94. The van der Waals surface area contributed by atoms with E-state index in [0.717, 1.165) is 12.6 Å². The molecule has 0 saturated carbocycles. The van der Waals surface area contributed by atoms with Gasteiger partial charge in [-0.15, -0.1) is 0 Å². The second-order valence-electron chi connectivity index (χ2n) is 5.80. The Labute approximate surface area is 117 Å². The molecule has 0 spiro atoms. The highest BCUT2D eigenvalue weighted by Gasteiger charge is 2.28. The van der Waals surface area contributed by atoms with E-state index in [1.54, 1.807) is 0 Å². The number of aromatic nitrogens is 2. The van der Waals surface area contributed by atoms with Crippen molar-refractivity contribution >= 4 is 0 Å². The number of rotatable bonds is 5. The molecule has 2 heterocycles. The van der Waals surface area contributed by atoms with Gasteiger partial charge >= 0.3 is 0 Å². The summed E-state index contributed by atoms with van der Waals surface area (Å²) in [5, 5.41) is 7.78. The molecular weight excluding hydrogens is 236 g/mol. The first kappa shape index (κ1) is 14.5. The average molecular weight is 264 g/mol. The molecule has 19 heavy (non-hydrogen) atoms. The first-order valence-electron chi connectivity index (χ1n) is 7.54. The van der Waals surface area contributed by atoms with Crippen LogP contribution < -0.4 is 5.32 Å². The molecular formula is C15H28N4. The molecule has 4 heteroatoms. The van der Waals surface area contributed by atoms with Crippen LogP contribution >= 0.6 is 0 Å². The van der Waals surface area contributed by atoms with Gasteiger partial charge < -0.3 is 5.32 Å². The second-order valence-corrected chi connectivity index (χ2v) is 5.80. The zero-order chi connectivity index (χ0) is 13.8. The Bertz CT molecular complexity index is 399. The lowest BCUT2D eigenvalue weighted by Gasteiger charge is -2.40. The van der Waals surface area contributed by atoms with Gasteiger partial charge in [0.05, 0.1) is 5.69 Å². The van der Waals surface area contributed by atoms with Gasteiger partial charge in [0.2, 0.25) is 0 Å². The van der Waals surface area contributed by atoms with E-state index < -0.39 is 0 Å². The number of nitrogens with one attached hydrogen (secondary N) is 1. The number of aryl methyl sites for hydroxylation is 2. The minimum Gasteiger partial charge on any atom is -0.320 e. The average Bonchev–Trinajstić information content (AvgIpc) is 2.75. The molecule has 108 valence electrons. The van der Waals surface area contributed by atoms with Crippen molar-refractivity contribution in [1.29, 1.82) is 0 Å². The summed E-state index contributed by atoms with van der Waals surface area (Å²) in [5.41, 5.74) is 2.56. The molecule has 1 fully saturated rings. The minimum absolute atomic E-state index is 0.482. The Hall–Kier alpha value is -0.870. The predicted molar refractivity (Wildman–Crippen MR) is 79.2 cm³/mol. The standard InChI is InChI=1S/C15H28N4/c1-12-15(11-18(4)17-12)13(2)19-10-6-5-7-14(19)8-9-16-3/h11,13-14,16H,5-10H2,1-4H3. The molecule has 0 aliphatic carbocycles. The van der Waals surface area contributed by atoms with E-state index in [1.165, 1.54) is 43.5 Å². The molecule has 0 aromatic carbocycles. The number of hydrogen-bond donors (Lipinski definition) is 1. The lowest BCUT2D eigenvalue weighted by atomic mass is 9.95. The molecule has 0 bridgehead atoms. The number of nitrogens with zero attached hydrogens (tertiary/aromatic N) is 3. The van der Waals surface area contributed by atoms with Gasteiger partial charge in [0.25, 0.3) is 0 Å². The van der Waals surface area contributed by atoms with Crippen molar-refractivity contribution in [2.45, 2.75) is 51.6 Å². The summed E-state index contributed by atoms with van der Waals surface area (Å²) in [6.07, 6.45) is 7.48. The fourth-order valence-electron chi connectivity index (χ4n) is 3.36. The first-order chi connectivity index (χ1) is 9.13. The third-order valence-electron chi connectivity index (χ3n) is 4.40. The fourth-order valence-corrected chi connectivity index (χ4v) is 3.36. The highest BCUT2D eigenvalue weighted by atomic mass is 15.3. The van der Waals surface area contributed by atoms with Crippen molar-refractivity contribution in [2.24, 2.45) is 7.05 Å². The number of hydrogen-bond acceptors (Lipinski definition) is 3. The highest BCUT2D eigenvalue weighted by molar-refractivity contribution is 5.19. The zero-order valence-corrected chi connectivity index (χ0v) is 12.8. The Morgan fingerprint density at radius 1 is 1.47 bits per heavy atom. The van der Waals surface area contributed by atoms with Crippen molar-refractivity contribution in [1.82, 2.24) is 20.0 Å². The van der Waals surface area contributed by atoms with Crippen LogP contribution in [0.3, 0.4) is 0 Å². The van der Waals surface area contributed by atoms with Crippen molar-refractivity contribution in [2.75, 3.05) is 20.1 Å². The van der Waals surface area contributed by atoms with Gasteiger partial charge in [-0.25, -0.2) is 0 Å². The SMILES string of the molecule is CNCCC1CCCCN1C(C)c1cn(C)nc1C. The summed E-state index contributed by atoms with van der Waals surface area (Å²) >= 11 is 0. The smallest absolute Gasteiger partial charge is 0.0641 e. The van der Waals surface area contributed by atoms with E-state index >= 15 is 0 Å². The van der Waals surface area contributed by atoms with Gasteiger partial charge in [0, 0.05) is 30.9 Å². The van der Waals surface area contributed by atoms with E-state index in [1.807, 2.05) is 18.8 Å². The molecule has 0 amide bonds. The first-order valence-corrected chi connectivity index (χ1v) is 7.54. The topological polar surface area (TPSA) is 33.1 Å². The summed E-state index contributed by atoms with van der Waals surface area (Å²) in [5.74, 6) is 0. The van der Waals surface area contributed by atoms with Gasteiger partial charge in [-0.1, -0.05) is 6.42 Å². The van der Waals surface area contributed by atoms with Crippen molar-refractivity contribution < 1.29 is 0 Å². The van der Waals surface area contributed by atoms with Crippen LogP contribution in [-0.4, -0.2) is 40.9 Å². The number of likely N-dealkylation sites (tertiary alicyclic amines) is 1. The van der Waals surface area contributed by atoms with E-state index in [0.29, 0.717) is 6.04 Å².